The van der Waals surface area contributed by atoms with Gasteiger partial charge in [-0.2, -0.15) is 0 Å². The number of carboxylic acids is 1. The minimum atomic E-state index is -1.04. The van der Waals surface area contributed by atoms with E-state index in [1.54, 1.807) is 6.07 Å². The summed E-state index contributed by atoms with van der Waals surface area (Å²) in [6.07, 6.45) is 0. The van der Waals surface area contributed by atoms with Gasteiger partial charge < -0.3 is 5.11 Å². The highest BCUT2D eigenvalue weighted by molar-refractivity contribution is 6.50. The molecule has 0 aliphatic carbocycles. The minimum Gasteiger partial charge on any atom is -0.478 e. The summed E-state index contributed by atoms with van der Waals surface area (Å²) in [6, 6.07) is 6.14. The molecular weight excluding hydrogens is 342 g/mol. The molecule has 0 unspecified atom stereocenters. The topological polar surface area (TPSA) is 37.3 Å². The Hall–Kier alpha value is -0.930. The van der Waals surface area contributed by atoms with Crippen LogP contribution in [0.25, 0.3) is 11.1 Å². The van der Waals surface area contributed by atoms with Gasteiger partial charge in [-0.3, -0.25) is 0 Å². The largest absolute Gasteiger partial charge is 0.478 e. The summed E-state index contributed by atoms with van der Waals surface area (Å²) in [5.74, 6) is -1.04. The van der Waals surface area contributed by atoms with Gasteiger partial charge >= 0.3 is 5.97 Å². The average Bonchev–Trinajstić information content (AvgIpc) is 2.38. The number of carboxylic acid groups (broad SMARTS) is 1. The molecule has 2 nitrogen and oxygen atoms in total. The summed E-state index contributed by atoms with van der Waals surface area (Å²) in [4.78, 5) is 11.1. The molecule has 2 aromatic carbocycles. The lowest BCUT2D eigenvalue weighted by atomic mass is 9.98. The highest BCUT2D eigenvalue weighted by atomic mass is 35.5. The average molecular weight is 350 g/mol. The van der Waals surface area contributed by atoms with E-state index in [1.807, 2.05) is 6.92 Å². The first kappa shape index (κ1) is 15.5. The molecule has 0 radical (unpaired) electrons. The molecule has 0 aliphatic heterocycles. The summed E-state index contributed by atoms with van der Waals surface area (Å²) in [7, 11) is 0. The molecule has 0 aliphatic rings. The van der Waals surface area contributed by atoms with E-state index in [0.29, 0.717) is 11.1 Å². The Balaban J connectivity index is 2.81. The molecule has 0 saturated carbocycles. The molecule has 1 N–H and O–H groups in total. The van der Waals surface area contributed by atoms with Crippen molar-refractivity contribution in [1.82, 2.24) is 0 Å². The van der Waals surface area contributed by atoms with Crippen molar-refractivity contribution < 1.29 is 9.90 Å². The quantitative estimate of drug-likeness (QED) is 0.677. The lowest BCUT2D eigenvalue weighted by Gasteiger charge is -2.13. The number of rotatable bonds is 2. The van der Waals surface area contributed by atoms with Gasteiger partial charge in [0.1, 0.15) is 0 Å². The highest BCUT2D eigenvalue weighted by Crippen LogP contribution is 2.44. The Morgan fingerprint density at radius 2 is 1.55 bits per heavy atom. The Bertz CT molecular complexity index is 685. The number of benzene rings is 2. The standard InChI is InChI=1S/C14H8Cl4O2/c1-6-2-3-7(14(19)20)4-8(6)11-12(17)9(15)5-10(16)13(11)18/h2-5H,1H3,(H,19,20). The first-order valence-corrected chi connectivity index (χ1v) is 7.01. The van der Waals surface area contributed by atoms with Crippen molar-refractivity contribution >= 4 is 52.4 Å². The summed E-state index contributed by atoms with van der Waals surface area (Å²) >= 11 is 24.4. The van der Waals surface area contributed by atoms with Crippen LogP contribution in [0.5, 0.6) is 0 Å². The second-order valence-electron chi connectivity index (χ2n) is 4.18. The van der Waals surface area contributed by atoms with Crippen LogP contribution in [-0.4, -0.2) is 11.1 Å². The zero-order chi connectivity index (χ0) is 15.0. The first-order chi connectivity index (χ1) is 9.32. The van der Waals surface area contributed by atoms with Gasteiger partial charge in [0.15, 0.2) is 0 Å². The van der Waals surface area contributed by atoms with Crippen molar-refractivity contribution in [3.05, 3.63) is 55.5 Å². The van der Waals surface area contributed by atoms with Crippen LogP contribution in [0.2, 0.25) is 20.1 Å². The van der Waals surface area contributed by atoms with Crippen molar-refractivity contribution in [1.29, 1.82) is 0 Å². The highest BCUT2D eigenvalue weighted by Gasteiger charge is 2.18. The van der Waals surface area contributed by atoms with Crippen molar-refractivity contribution in [3.8, 4) is 11.1 Å². The third-order valence-electron chi connectivity index (χ3n) is 2.87. The predicted octanol–water partition coefficient (Wildman–Crippen LogP) is 5.97. The Morgan fingerprint density at radius 1 is 1.00 bits per heavy atom. The number of hydrogen-bond acceptors (Lipinski definition) is 1. The van der Waals surface area contributed by atoms with Gasteiger partial charge in [0.05, 0.1) is 25.7 Å². The van der Waals surface area contributed by atoms with E-state index in [9.17, 15) is 4.79 Å². The maximum absolute atomic E-state index is 11.1. The molecule has 0 saturated heterocycles. The lowest BCUT2D eigenvalue weighted by Crippen LogP contribution is -1.98. The van der Waals surface area contributed by atoms with E-state index in [-0.39, 0.29) is 25.7 Å². The van der Waals surface area contributed by atoms with Crippen LogP contribution in [0.3, 0.4) is 0 Å². The zero-order valence-electron chi connectivity index (χ0n) is 10.2. The Morgan fingerprint density at radius 3 is 2.05 bits per heavy atom. The van der Waals surface area contributed by atoms with Crippen LogP contribution in [0.4, 0.5) is 0 Å². The fourth-order valence-corrected chi connectivity index (χ4v) is 2.85. The second-order valence-corrected chi connectivity index (χ2v) is 5.75. The number of hydrogen-bond donors (Lipinski definition) is 1. The smallest absolute Gasteiger partial charge is 0.335 e. The number of halogens is 4. The molecule has 0 fully saturated rings. The summed E-state index contributed by atoms with van der Waals surface area (Å²) in [5.41, 5.74) is 1.97. The van der Waals surface area contributed by atoms with Crippen molar-refractivity contribution in [2.75, 3.05) is 0 Å². The van der Waals surface area contributed by atoms with E-state index in [1.165, 1.54) is 18.2 Å². The van der Waals surface area contributed by atoms with Crippen molar-refractivity contribution in [3.63, 3.8) is 0 Å². The lowest BCUT2D eigenvalue weighted by molar-refractivity contribution is 0.0697. The molecule has 0 bridgehead atoms. The van der Waals surface area contributed by atoms with Gasteiger partial charge in [0.2, 0.25) is 0 Å². The third-order valence-corrected chi connectivity index (χ3v) is 4.44. The Labute approximate surface area is 135 Å². The van der Waals surface area contributed by atoms with Gasteiger partial charge in [-0.05, 0) is 36.2 Å². The van der Waals surface area contributed by atoms with Crippen LogP contribution in [0.1, 0.15) is 15.9 Å². The summed E-state index contributed by atoms with van der Waals surface area (Å²) in [5, 5.41) is 10.1. The van der Waals surface area contributed by atoms with Crippen LogP contribution >= 0.6 is 46.4 Å². The van der Waals surface area contributed by atoms with Crippen molar-refractivity contribution in [2.45, 2.75) is 6.92 Å². The first-order valence-electron chi connectivity index (χ1n) is 5.50. The van der Waals surface area contributed by atoms with Crippen LogP contribution in [0.15, 0.2) is 24.3 Å². The van der Waals surface area contributed by atoms with Gasteiger partial charge in [-0.15, -0.1) is 0 Å². The van der Waals surface area contributed by atoms with Crippen LogP contribution < -0.4 is 0 Å². The minimum absolute atomic E-state index is 0.133. The third kappa shape index (κ3) is 2.75. The van der Waals surface area contributed by atoms with Gasteiger partial charge in [-0.1, -0.05) is 52.5 Å². The van der Waals surface area contributed by atoms with E-state index in [0.717, 1.165) is 5.56 Å². The molecule has 0 atom stereocenters. The van der Waals surface area contributed by atoms with Crippen molar-refractivity contribution in [2.24, 2.45) is 0 Å². The fraction of sp³-hybridized carbons (Fsp3) is 0.0714. The van der Waals surface area contributed by atoms with E-state index in [2.05, 4.69) is 0 Å². The van der Waals surface area contributed by atoms with E-state index in [4.69, 9.17) is 51.5 Å². The molecule has 20 heavy (non-hydrogen) atoms. The van der Waals surface area contributed by atoms with Crippen LogP contribution in [0, 0.1) is 6.92 Å². The molecule has 104 valence electrons. The molecule has 2 rings (SSSR count). The molecule has 0 heterocycles. The predicted molar refractivity (Wildman–Crippen MR) is 83.6 cm³/mol. The molecule has 0 amide bonds. The van der Waals surface area contributed by atoms with E-state index >= 15 is 0 Å². The Kier molecular flexibility index (Phi) is 4.50. The molecule has 2 aromatic rings. The van der Waals surface area contributed by atoms with E-state index < -0.39 is 5.97 Å². The maximum Gasteiger partial charge on any atom is 0.335 e. The summed E-state index contributed by atoms with van der Waals surface area (Å²) < 4.78 is 0. The molecule has 6 heteroatoms. The molecule has 0 aromatic heterocycles. The number of aryl methyl sites for hydroxylation is 1. The second kappa shape index (κ2) is 5.82. The fourth-order valence-electron chi connectivity index (χ4n) is 1.83. The SMILES string of the molecule is Cc1ccc(C(=O)O)cc1-c1c(Cl)c(Cl)cc(Cl)c1Cl. The number of carbonyl (C=O) groups is 1. The molecular formula is C14H8Cl4O2. The van der Waals surface area contributed by atoms with Gasteiger partial charge in [0.25, 0.3) is 0 Å². The van der Waals surface area contributed by atoms with Gasteiger partial charge in [0, 0.05) is 5.56 Å². The maximum atomic E-state index is 11.1. The van der Waals surface area contributed by atoms with Gasteiger partial charge in [-0.25, -0.2) is 4.79 Å². The normalized spacial score (nSPS) is 10.7. The number of aromatic carboxylic acids is 1. The van der Waals surface area contributed by atoms with Crippen LogP contribution in [-0.2, 0) is 0 Å². The molecule has 0 spiro atoms. The monoisotopic (exact) mass is 348 g/mol. The zero-order valence-corrected chi connectivity index (χ0v) is 13.2. The summed E-state index contributed by atoms with van der Waals surface area (Å²) in [6.45, 7) is 1.82.